The number of hydrogen-bond donors (Lipinski definition) is 0. The van der Waals surface area contributed by atoms with Gasteiger partial charge in [-0.2, -0.15) is 0 Å². The monoisotopic (exact) mass is 308 g/mol. The second-order valence-electron chi connectivity index (χ2n) is 6.29. The van der Waals surface area contributed by atoms with Crippen molar-refractivity contribution in [2.24, 2.45) is 13.0 Å². The Hall–Kier alpha value is -2.13. The van der Waals surface area contributed by atoms with Crippen molar-refractivity contribution in [2.75, 3.05) is 19.6 Å². The van der Waals surface area contributed by atoms with Gasteiger partial charge in [0.05, 0.1) is 0 Å². The number of fused-ring (bicyclic) bond motifs is 3. The van der Waals surface area contributed by atoms with Crippen molar-refractivity contribution in [3.8, 4) is 0 Å². The molecule has 1 aliphatic carbocycles. The number of benzene rings is 1. The molecule has 3 heteroatoms. The summed E-state index contributed by atoms with van der Waals surface area (Å²) in [5, 5.41) is 1.10. The van der Waals surface area contributed by atoms with Gasteiger partial charge in [-0.05, 0) is 18.9 Å². The average molecular weight is 308 g/mol. The molecule has 1 atom stereocenters. The topological polar surface area (TPSA) is 25.2 Å². The van der Waals surface area contributed by atoms with E-state index in [0.29, 0.717) is 5.78 Å². The van der Waals surface area contributed by atoms with Crippen LogP contribution in [0.15, 0.2) is 49.6 Å². The summed E-state index contributed by atoms with van der Waals surface area (Å²) in [6.45, 7) is 9.98. The van der Waals surface area contributed by atoms with E-state index in [1.165, 1.54) is 5.69 Å². The van der Waals surface area contributed by atoms with Crippen LogP contribution in [0, 0.1) is 5.92 Å². The molecular formula is C20H24N2O. The molecule has 2 aromatic rings. The van der Waals surface area contributed by atoms with Gasteiger partial charge in [0.25, 0.3) is 0 Å². The summed E-state index contributed by atoms with van der Waals surface area (Å²) in [7, 11) is 2.07. The van der Waals surface area contributed by atoms with Crippen LogP contribution in [-0.2, 0) is 13.5 Å². The van der Waals surface area contributed by atoms with Crippen LogP contribution in [0.4, 0.5) is 0 Å². The van der Waals surface area contributed by atoms with Gasteiger partial charge in [-0.25, -0.2) is 0 Å². The Kier molecular flexibility index (Phi) is 4.49. The Balaban J connectivity index is 1.92. The predicted molar refractivity (Wildman–Crippen MR) is 95.9 cm³/mol. The molecule has 0 N–H and O–H groups in total. The van der Waals surface area contributed by atoms with Crippen LogP contribution in [0.2, 0.25) is 0 Å². The molecule has 1 aromatic heterocycles. The molecule has 0 fully saturated rings. The molecule has 3 nitrogen and oxygen atoms in total. The summed E-state index contributed by atoms with van der Waals surface area (Å²) in [4.78, 5) is 15.3. The minimum atomic E-state index is 0.0632. The van der Waals surface area contributed by atoms with Gasteiger partial charge in [0.15, 0.2) is 5.78 Å². The number of nitrogens with zero attached hydrogens (tertiary/aromatic N) is 2. The van der Waals surface area contributed by atoms with E-state index in [0.717, 1.165) is 48.9 Å². The molecule has 1 aliphatic rings. The third-order valence-electron chi connectivity index (χ3n) is 4.83. The molecule has 0 aliphatic heterocycles. The van der Waals surface area contributed by atoms with Crippen molar-refractivity contribution < 1.29 is 4.79 Å². The van der Waals surface area contributed by atoms with Gasteiger partial charge >= 0.3 is 0 Å². The lowest BCUT2D eigenvalue weighted by molar-refractivity contribution is 0.0869. The highest BCUT2D eigenvalue weighted by Crippen LogP contribution is 2.33. The minimum Gasteiger partial charge on any atom is -0.347 e. The van der Waals surface area contributed by atoms with E-state index in [2.05, 4.69) is 41.8 Å². The Bertz CT molecular complexity index is 746. The average Bonchev–Trinajstić information content (AvgIpc) is 2.84. The van der Waals surface area contributed by atoms with Crippen molar-refractivity contribution in [3.63, 3.8) is 0 Å². The standard InChI is InChI=1S/C20H24N2O/c1-4-12-22(13-5-2)14-15-10-11-18-19(20(15)23)16-8-6-7-9-17(16)21(18)3/h4-9,15H,1-2,10-14H2,3H3. The fourth-order valence-electron chi connectivity index (χ4n) is 3.73. The highest BCUT2D eigenvalue weighted by Gasteiger charge is 2.32. The third-order valence-corrected chi connectivity index (χ3v) is 4.83. The van der Waals surface area contributed by atoms with Crippen LogP contribution in [0.5, 0.6) is 0 Å². The summed E-state index contributed by atoms with van der Waals surface area (Å²) < 4.78 is 2.18. The van der Waals surface area contributed by atoms with Crippen LogP contribution in [0.25, 0.3) is 10.9 Å². The zero-order chi connectivity index (χ0) is 16.4. The summed E-state index contributed by atoms with van der Waals surface area (Å²) in [6.07, 6.45) is 5.66. The van der Waals surface area contributed by atoms with E-state index in [1.807, 2.05) is 24.3 Å². The Morgan fingerprint density at radius 1 is 1.26 bits per heavy atom. The molecule has 0 spiro atoms. The van der Waals surface area contributed by atoms with Gasteiger partial charge < -0.3 is 4.57 Å². The fourth-order valence-corrected chi connectivity index (χ4v) is 3.73. The van der Waals surface area contributed by atoms with E-state index in [4.69, 9.17) is 0 Å². The first-order valence-electron chi connectivity index (χ1n) is 8.22. The molecule has 0 amide bonds. The number of Topliss-reactive ketones (excluding diaryl/α,β-unsaturated/α-hetero) is 1. The zero-order valence-corrected chi connectivity index (χ0v) is 13.8. The molecule has 23 heavy (non-hydrogen) atoms. The van der Waals surface area contributed by atoms with Crippen LogP contribution < -0.4 is 0 Å². The van der Waals surface area contributed by atoms with Gasteiger partial charge in [-0.3, -0.25) is 9.69 Å². The highest BCUT2D eigenvalue weighted by molar-refractivity contribution is 6.11. The fraction of sp³-hybridized carbons (Fsp3) is 0.350. The molecule has 3 rings (SSSR count). The van der Waals surface area contributed by atoms with Crippen LogP contribution in [0.3, 0.4) is 0 Å². The maximum Gasteiger partial charge on any atom is 0.169 e. The number of para-hydroxylation sites is 1. The molecular weight excluding hydrogens is 284 g/mol. The second-order valence-corrected chi connectivity index (χ2v) is 6.29. The van der Waals surface area contributed by atoms with Crippen molar-refractivity contribution in [2.45, 2.75) is 12.8 Å². The van der Waals surface area contributed by atoms with Crippen LogP contribution >= 0.6 is 0 Å². The highest BCUT2D eigenvalue weighted by atomic mass is 16.1. The van der Waals surface area contributed by atoms with E-state index in [1.54, 1.807) is 0 Å². The van der Waals surface area contributed by atoms with E-state index >= 15 is 0 Å². The number of carbonyl (C=O) groups excluding carboxylic acids is 1. The minimum absolute atomic E-state index is 0.0632. The van der Waals surface area contributed by atoms with Crippen molar-refractivity contribution in [1.82, 2.24) is 9.47 Å². The summed E-state index contributed by atoms with van der Waals surface area (Å²) in [5.41, 5.74) is 3.28. The Labute approximate surface area is 137 Å². The lowest BCUT2D eigenvalue weighted by atomic mass is 9.84. The van der Waals surface area contributed by atoms with Gasteiger partial charge in [0.1, 0.15) is 0 Å². The molecule has 0 bridgehead atoms. The smallest absolute Gasteiger partial charge is 0.169 e. The Morgan fingerprint density at radius 2 is 1.96 bits per heavy atom. The van der Waals surface area contributed by atoms with Gasteiger partial charge in [0.2, 0.25) is 0 Å². The largest absolute Gasteiger partial charge is 0.347 e. The normalized spacial score (nSPS) is 17.5. The lowest BCUT2D eigenvalue weighted by Gasteiger charge is -2.28. The molecule has 120 valence electrons. The number of carbonyl (C=O) groups is 1. The van der Waals surface area contributed by atoms with E-state index in [-0.39, 0.29) is 5.92 Å². The van der Waals surface area contributed by atoms with Crippen molar-refractivity contribution in [3.05, 3.63) is 60.8 Å². The Morgan fingerprint density at radius 3 is 2.65 bits per heavy atom. The van der Waals surface area contributed by atoms with Gasteiger partial charge in [-0.15, -0.1) is 13.2 Å². The third kappa shape index (κ3) is 2.77. The summed E-state index contributed by atoms with van der Waals surface area (Å²) in [5.74, 6) is 0.356. The number of rotatable bonds is 6. The maximum absolute atomic E-state index is 13.1. The lowest BCUT2D eigenvalue weighted by Crippen LogP contribution is -2.36. The number of aryl methyl sites for hydroxylation is 1. The number of hydrogen-bond acceptors (Lipinski definition) is 2. The first-order chi connectivity index (χ1) is 11.2. The molecule has 1 aromatic carbocycles. The molecule has 1 heterocycles. The van der Waals surface area contributed by atoms with Crippen LogP contribution in [-0.4, -0.2) is 34.9 Å². The van der Waals surface area contributed by atoms with E-state index in [9.17, 15) is 4.79 Å². The number of aromatic nitrogens is 1. The molecule has 0 saturated heterocycles. The zero-order valence-electron chi connectivity index (χ0n) is 13.8. The molecule has 0 saturated carbocycles. The number of ketones is 1. The first kappa shape index (κ1) is 15.8. The summed E-state index contributed by atoms with van der Waals surface area (Å²) in [6, 6.07) is 8.21. The quantitative estimate of drug-likeness (QED) is 0.762. The first-order valence-corrected chi connectivity index (χ1v) is 8.22. The maximum atomic E-state index is 13.1. The van der Waals surface area contributed by atoms with Gasteiger partial charge in [-0.1, -0.05) is 30.4 Å². The summed E-state index contributed by atoms with van der Waals surface area (Å²) >= 11 is 0. The molecule has 1 unspecified atom stereocenters. The molecule has 0 radical (unpaired) electrons. The van der Waals surface area contributed by atoms with Crippen LogP contribution in [0.1, 0.15) is 22.5 Å². The van der Waals surface area contributed by atoms with Crippen molar-refractivity contribution in [1.29, 1.82) is 0 Å². The van der Waals surface area contributed by atoms with E-state index < -0.39 is 0 Å². The predicted octanol–water partition coefficient (Wildman–Crippen LogP) is 3.60. The van der Waals surface area contributed by atoms with Gasteiger partial charge in [0, 0.05) is 54.8 Å². The second kappa shape index (κ2) is 6.55. The van der Waals surface area contributed by atoms with Crippen molar-refractivity contribution >= 4 is 16.7 Å². The SMILES string of the molecule is C=CCN(CC=C)CC1CCc2c(c3ccccc3n2C)C1=O.